The normalized spacial score (nSPS) is 28.8. The molecule has 0 amide bonds. The Bertz CT molecular complexity index is 124. The van der Waals surface area contributed by atoms with E-state index in [1.54, 1.807) is 4.90 Å². The van der Waals surface area contributed by atoms with Crippen molar-refractivity contribution in [3.8, 4) is 0 Å². The molecule has 0 saturated carbocycles. The van der Waals surface area contributed by atoms with E-state index in [2.05, 4.69) is 7.05 Å². The van der Waals surface area contributed by atoms with Crippen LogP contribution in [-0.4, -0.2) is 28.6 Å². The number of hydrogen-bond acceptors (Lipinski definition) is 2. The highest BCUT2D eigenvalue weighted by atomic mass is 16.4. The third kappa shape index (κ3) is 1.21. The van der Waals surface area contributed by atoms with Gasteiger partial charge < -0.3 is 5.11 Å². The molecular formula is C6H10NO2. The summed E-state index contributed by atoms with van der Waals surface area (Å²) in [5.74, 6) is -0.748. The number of hydrogen-bond donors (Lipinski definition) is 1. The van der Waals surface area contributed by atoms with E-state index in [1.165, 1.54) is 0 Å². The molecule has 1 fully saturated rings. The SMILES string of the molecule is [CH2]N1CCC[C@@H]1C(=O)O. The first-order chi connectivity index (χ1) is 4.22. The average Bonchev–Trinajstić information content (AvgIpc) is 2.13. The lowest BCUT2D eigenvalue weighted by Crippen LogP contribution is -2.30. The molecule has 0 aromatic carbocycles. The second kappa shape index (κ2) is 2.35. The first kappa shape index (κ1) is 6.55. The van der Waals surface area contributed by atoms with E-state index in [0.29, 0.717) is 0 Å². The fourth-order valence-corrected chi connectivity index (χ4v) is 1.11. The lowest BCUT2D eigenvalue weighted by Gasteiger charge is -2.12. The molecule has 1 rings (SSSR count). The summed E-state index contributed by atoms with van der Waals surface area (Å²) in [6.45, 7) is 0.816. The van der Waals surface area contributed by atoms with Gasteiger partial charge in [-0.05, 0) is 19.4 Å². The quantitative estimate of drug-likeness (QED) is 0.553. The van der Waals surface area contributed by atoms with Crippen LogP contribution in [0.25, 0.3) is 0 Å². The molecule has 1 atom stereocenters. The monoisotopic (exact) mass is 128 g/mol. The number of aliphatic carboxylic acids is 1. The van der Waals surface area contributed by atoms with E-state index in [1.807, 2.05) is 0 Å². The molecule has 0 bridgehead atoms. The highest BCUT2D eigenvalue weighted by molar-refractivity contribution is 5.73. The highest BCUT2D eigenvalue weighted by Crippen LogP contribution is 2.14. The van der Waals surface area contributed by atoms with Crippen molar-refractivity contribution >= 4 is 5.97 Å². The van der Waals surface area contributed by atoms with Crippen molar-refractivity contribution in [2.75, 3.05) is 6.54 Å². The van der Waals surface area contributed by atoms with Gasteiger partial charge in [0, 0.05) is 7.05 Å². The predicted molar refractivity (Wildman–Crippen MR) is 32.7 cm³/mol. The number of nitrogens with zero attached hydrogens (tertiary/aromatic N) is 1. The summed E-state index contributed by atoms with van der Waals surface area (Å²) < 4.78 is 0. The topological polar surface area (TPSA) is 40.5 Å². The number of likely N-dealkylation sites (tertiary alicyclic amines) is 1. The average molecular weight is 128 g/mol. The van der Waals surface area contributed by atoms with Crippen molar-refractivity contribution in [1.29, 1.82) is 0 Å². The molecule has 3 heteroatoms. The molecule has 0 aromatic rings. The third-order valence-electron chi connectivity index (χ3n) is 1.65. The Labute approximate surface area is 54.3 Å². The van der Waals surface area contributed by atoms with Crippen molar-refractivity contribution in [1.82, 2.24) is 4.90 Å². The first-order valence-corrected chi connectivity index (χ1v) is 3.02. The molecule has 0 aliphatic carbocycles. The summed E-state index contributed by atoms with van der Waals surface area (Å²) in [5.41, 5.74) is 0. The van der Waals surface area contributed by atoms with Crippen LogP contribution in [0, 0.1) is 7.05 Å². The summed E-state index contributed by atoms with van der Waals surface area (Å²) in [4.78, 5) is 12.0. The Morgan fingerprint density at radius 2 is 2.44 bits per heavy atom. The first-order valence-electron chi connectivity index (χ1n) is 3.02. The Balaban J connectivity index is 2.49. The fraction of sp³-hybridized carbons (Fsp3) is 0.667. The van der Waals surface area contributed by atoms with Crippen LogP contribution in [0.5, 0.6) is 0 Å². The largest absolute Gasteiger partial charge is 0.480 e. The fourth-order valence-electron chi connectivity index (χ4n) is 1.11. The van der Waals surface area contributed by atoms with Gasteiger partial charge in [-0.3, -0.25) is 9.69 Å². The van der Waals surface area contributed by atoms with Gasteiger partial charge in [0.15, 0.2) is 0 Å². The Morgan fingerprint density at radius 3 is 2.67 bits per heavy atom. The standard InChI is InChI=1S/C6H10NO2/c1-7-4-2-3-5(7)6(8)9/h5H,1-4H2,(H,8,9)/t5-/m1/s1. The minimum absolute atomic E-state index is 0.329. The summed E-state index contributed by atoms with van der Waals surface area (Å²) in [7, 11) is 3.59. The lowest BCUT2D eigenvalue weighted by atomic mass is 10.2. The highest BCUT2D eigenvalue weighted by Gasteiger charge is 2.26. The molecule has 1 saturated heterocycles. The molecule has 51 valence electrons. The van der Waals surface area contributed by atoms with Crippen LogP contribution in [0.4, 0.5) is 0 Å². The maximum absolute atomic E-state index is 10.3. The zero-order chi connectivity index (χ0) is 6.85. The van der Waals surface area contributed by atoms with Crippen LogP contribution in [0.3, 0.4) is 0 Å². The second-order valence-electron chi connectivity index (χ2n) is 2.31. The van der Waals surface area contributed by atoms with Gasteiger partial charge in [-0.2, -0.15) is 0 Å². The molecule has 0 spiro atoms. The summed E-state index contributed by atoms with van der Waals surface area (Å²) in [5, 5.41) is 8.50. The van der Waals surface area contributed by atoms with E-state index in [-0.39, 0.29) is 6.04 Å². The van der Waals surface area contributed by atoms with Gasteiger partial charge in [0.25, 0.3) is 0 Å². The van der Waals surface area contributed by atoms with E-state index < -0.39 is 5.97 Å². The minimum atomic E-state index is -0.748. The van der Waals surface area contributed by atoms with E-state index >= 15 is 0 Å². The van der Waals surface area contributed by atoms with E-state index in [4.69, 9.17) is 5.11 Å². The lowest BCUT2D eigenvalue weighted by molar-refractivity contribution is -0.141. The van der Waals surface area contributed by atoms with Crippen LogP contribution in [0.15, 0.2) is 0 Å². The summed E-state index contributed by atoms with van der Waals surface area (Å²) >= 11 is 0. The van der Waals surface area contributed by atoms with Crippen LogP contribution in [0.2, 0.25) is 0 Å². The van der Waals surface area contributed by atoms with Crippen molar-refractivity contribution in [3.05, 3.63) is 7.05 Å². The van der Waals surface area contributed by atoms with Crippen LogP contribution in [-0.2, 0) is 4.79 Å². The number of carbonyl (C=O) groups is 1. The zero-order valence-corrected chi connectivity index (χ0v) is 5.21. The van der Waals surface area contributed by atoms with Crippen molar-refractivity contribution in [3.63, 3.8) is 0 Å². The van der Waals surface area contributed by atoms with Gasteiger partial charge in [-0.1, -0.05) is 0 Å². The summed E-state index contributed by atoms with van der Waals surface area (Å²) in [6.07, 6.45) is 1.71. The number of carboxylic acid groups (broad SMARTS) is 1. The maximum Gasteiger partial charge on any atom is 0.320 e. The molecule has 0 aromatic heterocycles. The van der Waals surface area contributed by atoms with Gasteiger partial charge >= 0.3 is 5.97 Å². The second-order valence-corrected chi connectivity index (χ2v) is 2.31. The van der Waals surface area contributed by atoms with Crippen LogP contribution < -0.4 is 0 Å². The minimum Gasteiger partial charge on any atom is -0.480 e. The van der Waals surface area contributed by atoms with Gasteiger partial charge in [-0.15, -0.1) is 0 Å². The predicted octanol–water partition coefficient (Wildman–Crippen LogP) is 0.327. The molecule has 1 radical (unpaired) electrons. The van der Waals surface area contributed by atoms with Crippen LogP contribution in [0.1, 0.15) is 12.8 Å². The molecule has 1 N–H and O–H groups in total. The van der Waals surface area contributed by atoms with Gasteiger partial charge in [0.05, 0.1) is 0 Å². The number of carboxylic acids is 1. The van der Waals surface area contributed by atoms with Crippen molar-refractivity contribution < 1.29 is 9.90 Å². The Morgan fingerprint density at radius 1 is 1.78 bits per heavy atom. The zero-order valence-electron chi connectivity index (χ0n) is 5.21. The molecule has 3 nitrogen and oxygen atoms in total. The van der Waals surface area contributed by atoms with Crippen LogP contribution >= 0.6 is 0 Å². The molecule has 1 heterocycles. The van der Waals surface area contributed by atoms with E-state index in [0.717, 1.165) is 19.4 Å². The number of rotatable bonds is 1. The Kier molecular flexibility index (Phi) is 1.71. The summed E-state index contributed by atoms with van der Waals surface area (Å²) in [6, 6.07) is -0.329. The third-order valence-corrected chi connectivity index (χ3v) is 1.65. The molecule has 1 aliphatic rings. The molecular weight excluding hydrogens is 118 g/mol. The van der Waals surface area contributed by atoms with Gasteiger partial charge in [-0.25, -0.2) is 0 Å². The van der Waals surface area contributed by atoms with Gasteiger partial charge in [0.2, 0.25) is 0 Å². The molecule has 1 aliphatic heterocycles. The smallest absolute Gasteiger partial charge is 0.320 e. The molecule has 0 unspecified atom stereocenters. The molecule has 9 heavy (non-hydrogen) atoms. The van der Waals surface area contributed by atoms with Gasteiger partial charge in [0.1, 0.15) is 6.04 Å². The van der Waals surface area contributed by atoms with E-state index in [9.17, 15) is 4.79 Å². The van der Waals surface area contributed by atoms with Crippen molar-refractivity contribution in [2.45, 2.75) is 18.9 Å². The maximum atomic E-state index is 10.3. The van der Waals surface area contributed by atoms with Crippen molar-refractivity contribution in [2.24, 2.45) is 0 Å². The Hall–Kier alpha value is -0.570.